The largest absolute Gasteiger partial charge is 0.462 e. The van der Waals surface area contributed by atoms with E-state index in [1.54, 1.807) is 20.2 Å². The summed E-state index contributed by atoms with van der Waals surface area (Å²) < 4.78 is 6.97. The molecule has 2 rings (SSSR count). The summed E-state index contributed by atoms with van der Waals surface area (Å²) in [7, 11) is 1.73. The maximum absolute atomic E-state index is 11.9. The standard InChI is InChI=1S/C17H26N6O2S/c1-5-25-16(24)14-12(2)21-15(26-14)13(3)22-17(18-4)19-8-6-10-23-11-7-9-20-23/h7,9,11,13H,5-6,8,10H2,1-4H3,(H2,18,19,22). The van der Waals surface area contributed by atoms with Crippen LogP contribution in [0.5, 0.6) is 0 Å². The lowest BCUT2D eigenvalue weighted by Crippen LogP contribution is -2.39. The van der Waals surface area contributed by atoms with Crippen molar-refractivity contribution < 1.29 is 9.53 Å². The maximum Gasteiger partial charge on any atom is 0.350 e. The number of ether oxygens (including phenoxy) is 1. The predicted molar refractivity (Wildman–Crippen MR) is 103 cm³/mol. The number of nitrogens with zero attached hydrogens (tertiary/aromatic N) is 4. The first kappa shape index (κ1) is 19.9. The summed E-state index contributed by atoms with van der Waals surface area (Å²) in [5.74, 6) is 0.380. The molecule has 0 saturated carbocycles. The topological polar surface area (TPSA) is 93.4 Å². The van der Waals surface area contributed by atoms with E-state index in [4.69, 9.17) is 4.74 Å². The summed E-state index contributed by atoms with van der Waals surface area (Å²) in [5, 5.41) is 11.6. The zero-order chi connectivity index (χ0) is 18.9. The highest BCUT2D eigenvalue weighted by atomic mass is 32.1. The Labute approximate surface area is 157 Å². The summed E-state index contributed by atoms with van der Waals surface area (Å²) in [4.78, 5) is 21.2. The van der Waals surface area contributed by atoms with Crippen LogP contribution in [-0.4, -0.2) is 46.9 Å². The second kappa shape index (κ2) is 9.91. The quantitative estimate of drug-likeness (QED) is 0.316. The molecule has 2 aromatic rings. The van der Waals surface area contributed by atoms with Crippen molar-refractivity contribution in [1.29, 1.82) is 0 Å². The van der Waals surface area contributed by atoms with E-state index in [2.05, 4.69) is 25.7 Å². The molecule has 1 unspecified atom stereocenters. The van der Waals surface area contributed by atoms with Gasteiger partial charge in [-0.1, -0.05) is 0 Å². The monoisotopic (exact) mass is 378 g/mol. The molecule has 0 bridgehead atoms. The van der Waals surface area contributed by atoms with Crippen molar-refractivity contribution in [2.45, 2.75) is 39.8 Å². The van der Waals surface area contributed by atoms with Crippen LogP contribution in [0.1, 0.15) is 46.7 Å². The van der Waals surface area contributed by atoms with E-state index in [1.165, 1.54) is 11.3 Å². The lowest BCUT2D eigenvalue weighted by molar-refractivity contribution is 0.0531. The summed E-state index contributed by atoms with van der Waals surface area (Å²) in [6.07, 6.45) is 4.65. The van der Waals surface area contributed by atoms with Crippen LogP contribution < -0.4 is 10.6 Å². The zero-order valence-electron chi connectivity index (χ0n) is 15.7. The first-order valence-corrected chi connectivity index (χ1v) is 9.45. The molecule has 0 aliphatic heterocycles. The fraction of sp³-hybridized carbons (Fsp3) is 0.529. The molecular formula is C17H26N6O2S. The zero-order valence-corrected chi connectivity index (χ0v) is 16.5. The van der Waals surface area contributed by atoms with Crippen molar-refractivity contribution in [2.75, 3.05) is 20.2 Å². The van der Waals surface area contributed by atoms with Gasteiger partial charge in [0.1, 0.15) is 9.88 Å². The minimum atomic E-state index is -0.318. The second-order valence-electron chi connectivity index (χ2n) is 5.67. The number of guanidine groups is 1. The lowest BCUT2D eigenvalue weighted by atomic mass is 10.3. The molecular weight excluding hydrogens is 352 g/mol. The van der Waals surface area contributed by atoms with Crippen molar-refractivity contribution in [3.63, 3.8) is 0 Å². The van der Waals surface area contributed by atoms with E-state index >= 15 is 0 Å². The Morgan fingerprint density at radius 1 is 1.50 bits per heavy atom. The van der Waals surface area contributed by atoms with Crippen LogP contribution in [0.4, 0.5) is 0 Å². The smallest absolute Gasteiger partial charge is 0.350 e. The number of thiazole rings is 1. The van der Waals surface area contributed by atoms with Gasteiger partial charge in [-0.05, 0) is 33.3 Å². The summed E-state index contributed by atoms with van der Waals surface area (Å²) in [6.45, 7) is 7.58. The number of aromatic nitrogens is 3. The van der Waals surface area contributed by atoms with Crippen LogP contribution in [-0.2, 0) is 11.3 Å². The van der Waals surface area contributed by atoms with Gasteiger partial charge in [-0.25, -0.2) is 9.78 Å². The third-order valence-corrected chi connectivity index (χ3v) is 4.96. The van der Waals surface area contributed by atoms with Gasteiger partial charge >= 0.3 is 5.97 Å². The number of aryl methyl sites for hydroxylation is 2. The molecule has 9 heteroatoms. The van der Waals surface area contributed by atoms with Crippen molar-refractivity contribution in [3.8, 4) is 0 Å². The second-order valence-corrected chi connectivity index (χ2v) is 6.71. The lowest BCUT2D eigenvalue weighted by Gasteiger charge is -2.16. The summed E-state index contributed by atoms with van der Waals surface area (Å²) >= 11 is 1.35. The molecule has 8 nitrogen and oxygen atoms in total. The molecule has 0 aliphatic carbocycles. The summed E-state index contributed by atoms with van der Waals surface area (Å²) in [6, 6.07) is 1.84. The predicted octanol–water partition coefficient (Wildman–Crippen LogP) is 2.14. The Morgan fingerprint density at radius 3 is 2.96 bits per heavy atom. The highest BCUT2D eigenvalue weighted by Crippen LogP contribution is 2.24. The average Bonchev–Trinajstić information content (AvgIpc) is 3.27. The Hall–Kier alpha value is -2.42. The minimum Gasteiger partial charge on any atom is -0.462 e. The fourth-order valence-corrected chi connectivity index (χ4v) is 3.29. The van der Waals surface area contributed by atoms with Crippen LogP contribution in [0, 0.1) is 6.92 Å². The van der Waals surface area contributed by atoms with E-state index in [1.807, 2.05) is 30.8 Å². The number of nitrogens with one attached hydrogen (secondary N) is 2. The Morgan fingerprint density at radius 2 is 2.31 bits per heavy atom. The number of hydrogen-bond donors (Lipinski definition) is 2. The third kappa shape index (κ3) is 5.55. The highest BCUT2D eigenvalue weighted by Gasteiger charge is 2.20. The van der Waals surface area contributed by atoms with Crippen LogP contribution >= 0.6 is 11.3 Å². The first-order valence-electron chi connectivity index (χ1n) is 8.64. The SMILES string of the molecule is CCOC(=O)c1sc(C(C)NC(=NC)NCCCn2cccn2)nc1C. The molecule has 0 radical (unpaired) electrons. The van der Waals surface area contributed by atoms with Crippen molar-refractivity contribution in [3.05, 3.63) is 34.0 Å². The molecule has 2 aromatic heterocycles. The first-order chi connectivity index (χ1) is 12.5. The third-order valence-electron chi connectivity index (χ3n) is 3.64. The van der Waals surface area contributed by atoms with Gasteiger partial charge < -0.3 is 15.4 Å². The molecule has 0 aromatic carbocycles. The van der Waals surface area contributed by atoms with Crippen LogP contribution in [0.25, 0.3) is 0 Å². The number of hydrogen-bond acceptors (Lipinski definition) is 6. The number of aliphatic imine (C=N–C) groups is 1. The van der Waals surface area contributed by atoms with Crippen LogP contribution in [0.15, 0.2) is 23.5 Å². The highest BCUT2D eigenvalue weighted by molar-refractivity contribution is 7.13. The molecule has 0 amide bonds. The van der Waals surface area contributed by atoms with Crippen LogP contribution in [0.3, 0.4) is 0 Å². The molecule has 0 saturated heterocycles. The van der Waals surface area contributed by atoms with Crippen LogP contribution in [0.2, 0.25) is 0 Å². The van der Waals surface area contributed by atoms with E-state index in [9.17, 15) is 4.79 Å². The van der Waals surface area contributed by atoms with Crippen molar-refractivity contribution >= 4 is 23.3 Å². The molecule has 26 heavy (non-hydrogen) atoms. The van der Waals surface area contributed by atoms with Gasteiger partial charge in [0.25, 0.3) is 0 Å². The van der Waals surface area contributed by atoms with Gasteiger partial charge in [-0.15, -0.1) is 11.3 Å². The molecule has 0 fully saturated rings. The number of esters is 1. The Kier molecular flexibility index (Phi) is 7.58. The van der Waals surface area contributed by atoms with Crippen molar-refractivity contribution in [1.82, 2.24) is 25.4 Å². The summed E-state index contributed by atoms with van der Waals surface area (Å²) in [5.41, 5.74) is 0.694. The number of carbonyl (C=O) groups excluding carboxylic acids is 1. The van der Waals surface area contributed by atoms with Gasteiger partial charge in [0, 0.05) is 32.5 Å². The fourth-order valence-electron chi connectivity index (χ4n) is 2.33. The van der Waals surface area contributed by atoms with Gasteiger partial charge in [-0.3, -0.25) is 9.67 Å². The van der Waals surface area contributed by atoms with E-state index in [0.29, 0.717) is 23.1 Å². The van der Waals surface area contributed by atoms with E-state index in [0.717, 1.165) is 24.5 Å². The molecule has 2 N–H and O–H groups in total. The normalized spacial score (nSPS) is 12.7. The van der Waals surface area contributed by atoms with Gasteiger partial charge in [0.15, 0.2) is 5.96 Å². The number of rotatable bonds is 8. The average molecular weight is 379 g/mol. The molecule has 2 heterocycles. The van der Waals surface area contributed by atoms with Gasteiger partial charge in [-0.2, -0.15) is 5.10 Å². The molecule has 0 spiro atoms. The van der Waals surface area contributed by atoms with E-state index < -0.39 is 0 Å². The van der Waals surface area contributed by atoms with Gasteiger partial charge in [0.2, 0.25) is 0 Å². The molecule has 0 aliphatic rings. The van der Waals surface area contributed by atoms with Crippen molar-refractivity contribution in [2.24, 2.45) is 4.99 Å². The molecule has 1 atom stereocenters. The maximum atomic E-state index is 11.9. The van der Waals surface area contributed by atoms with E-state index in [-0.39, 0.29) is 12.0 Å². The van der Waals surface area contributed by atoms with Gasteiger partial charge in [0.05, 0.1) is 18.3 Å². The molecule has 142 valence electrons. The Balaban J connectivity index is 1.85. The number of carbonyl (C=O) groups is 1. The minimum absolute atomic E-state index is 0.0702. The Bertz CT molecular complexity index is 726.